The second-order valence-electron chi connectivity index (χ2n) is 8.00. The lowest BCUT2D eigenvalue weighted by atomic mass is 10.1. The fourth-order valence-electron chi connectivity index (χ4n) is 3.86. The van der Waals surface area contributed by atoms with Gasteiger partial charge in [0.25, 0.3) is 18.8 Å². The molecule has 4 aromatic rings. The molecule has 1 fully saturated rings. The molecule has 2 amide bonds. The molecule has 0 unspecified atom stereocenters. The number of amides is 2. The van der Waals surface area contributed by atoms with E-state index in [2.05, 4.69) is 15.4 Å². The van der Waals surface area contributed by atoms with Crippen LogP contribution in [-0.4, -0.2) is 26.6 Å². The maximum Gasteiger partial charge on any atom is 0.282 e. The van der Waals surface area contributed by atoms with Crippen molar-refractivity contribution in [1.29, 1.82) is 0 Å². The summed E-state index contributed by atoms with van der Waals surface area (Å²) in [7, 11) is 0. The zero-order valence-corrected chi connectivity index (χ0v) is 18.6. The van der Waals surface area contributed by atoms with Gasteiger partial charge in [0.2, 0.25) is 5.91 Å². The number of primary amides is 1. The van der Waals surface area contributed by atoms with Gasteiger partial charge in [0.1, 0.15) is 33.4 Å². The zero-order valence-electron chi connectivity index (χ0n) is 17.8. The Kier molecular flexibility index (Phi) is 5.79. The van der Waals surface area contributed by atoms with Crippen LogP contribution >= 0.6 is 11.3 Å². The third kappa shape index (κ3) is 4.38. The topological polar surface area (TPSA) is 116 Å². The van der Waals surface area contributed by atoms with Crippen LogP contribution < -0.4 is 11.1 Å². The van der Waals surface area contributed by atoms with E-state index in [1.54, 1.807) is 6.07 Å². The molecule has 182 valence electrons. The van der Waals surface area contributed by atoms with Gasteiger partial charge in [-0.15, -0.1) is 11.3 Å². The van der Waals surface area contributed by atoms with Crippen LogP contribution in [0, 0.1) is 0 Å². The molecule has 0 saturated heterocycles. The van der Waals surface area contributed by atoms with Crippen LogP contribution in [0.2, 0.25) is 0 Å². The van der Waals surface area contributed by atoms with Gasteiger partial charge in [-0.3, -0.25) is 14.3 Å². The number of nitrogens with one attached hydrogen (secondary N) is 1. The minimum atomic E-state index is -2.89. The van der Waals surface area contributed by atoms with Crippen molar-refractivity contribution >= 4 is 39.1 Å². The molecule has 4 heterocycles. The third-order valence-electron chi connectivity index (χ3n) is 5.52. The largest absolute Gasteiger partial charge is 0.464 e. The number of furan rings is 1. The number of anilines is 1. The van der Waals surface area contributed by atoms with Gasteiger partial charge in [-0.25, -0.2) is 22.5 Å². The standard InChI is InChI=1S/C22H17F4N5O3S/c23-19(24)11-6-10(14-2-1-5-34-14)16-17(18(21(27)33)35-22(16)28-11)29-15(32)8-31-13(9-3-4-9)7-12(30-31)20(25)26/h1-2,5-7,9,19-20H,3-4,8H2,(H2,27,33)(H,29,32). The first-order valence-electron chi connectivity index (χ1n) is 10.5. The van der Waals surface area contributed by atoms with E-state index in [-0.39, 0.29) is 38.0 Å². The van der Waals surface area contributed by atoms with Gasteiger partial charge in [0.15, 0.2) is 0 Å². The van der Waals surface area contributed by atoms with Crippen LogP contribution in [0.15, 0.2) is 34.9 Å². The summed E-state index contributed by atoms with van der Waals surface area (Å²) in [4.78, 5) is 29.0. The summed E-state index contributed by atoms with van der Waals surface area (Å²) >= 11 is 0.752. The minimum Gasteiger partial charge on any atom is -0.464 e. The van der Waals surface area contributed by atoms with Crippen molar-refractivity contribution < 1.29 is 31.6 Å². The fourth-order valence-corrected chi connectivity index (χ4v) is 4.87. The molecule has 0 aliphatic heterocycles. The normalized spacial score (nSPS) is 13.8. The van der Waals surface area contributed by atoms with Crippen LogP contribution in [0.5, 0.6) is 0 Å². The number of carbonyl (C=O) groups excluding carboxylic acids is 2. The van der Waals surface area contributed by atoms with Crippen molar-refractivity contribution in [2.45, 2.75) is 38.2 Å². The van der Waals surface area contributed by atoms with Gasteiger partial charge in [0.05, 0.1) is 12.0 Å². The number of nitrogens with two attached hydrogens (primary N) is 1. The van der Waals surface area contributed by atoms with Gasteiger partial charge in [-0.05, 0) is 37.1 Å². The van der Waals surface area contributed by atoms with Crippen molar-refractivity contribution in [2.24, 2.45) is 5.73 Å². The summed E-state index contributed by atoms with van der Waals surface area (Å²) < 4.78 is 59.9. The second-order valence-corrected chi connectivity index (χ2v) is 9.00. The molecule has 0 aromatic carbocycles. The molecule has 0 spiro atoms. The first-order chi connectivity index (χ1) is 16.7. The summed E-state index contributed by atoms with van der Waals surface area (Å²) in [6, 6.07) is 5.50. The second kappa shape index (κ2) is 8.80. The van der Waals surface area contributed by atoms with Crippen molar-refractivity contribution in [3.05, 3.63) is 52.5 Å². The molecule has 8 nitrogen and oxygen atoms in total. The predicted molar refractivity (Wildman–Crippen MR) is 119 cm³/mol. The summed E-state index contributed by atoms with van der Waals surface area (Å²) in [5.74, 6) is -1.30. The predicted octanol–water partition coefficient (Wildman–Crippen LogP) is 5.24. The Morgan fingerprint density at radius 1 is 1.20 bits per heavy atom. The number of hydrogen-bond donors (Lipinski definition) is 2. The van der Waals surface area contributed by atoms with E-state index in [1.807, 2.05) is 0 Å². The van der Waals surface area contributed by atoms with E-state index < -0.39 is 42.6 Å². The van der Waals surface area contributed by atoms with E-state index in [0.29, 0.717) is 5.69 Å². The highest BCUT2D eigenvalue weighted by molar-refractivity contribution is 7.21. The average molecular weight is 507 g/mol. The molecule has 1 aliphatic carbocycles. The van der Waals surface area contributed by atoms with Gasteiger partial charge >= 0.3 is 0 Å². The number of thiophene rings is 1. The molecule has 5 rings (SSSR count). The third-order valence-corrected chi connectivity index (χ3v) is 6.62. The van der Waals surface area contributed by atoms with Crippen LogP contribution in [-0.2, 0) is 11.3 Å². The quantitative estimate of drug-likeness (QED) is 0.316. The van der Waals surface area contributed by atoms with E-state index in [9.17, 15) is 27.2 Å². The van der Waals surface area contributed by atoms with Crippen molar-refractivity contribution in [3.63, 3.8) is 0 Å². The monoisotopic (exact) mass is 507 g/mol. The van der Waals surface area contributed by atoms with Gasteiger partial charge in [-0.1, -0.05) is 0 Å². The molecular weight excluding hydrogens is 490 g/mol. The van der Waals surface area contributed by atoms with Gasteiger partial charge in [-0.2, -0.15) is 5.10 Å². The number of carbonyl (C=O) groups is 2. The van der Waals surface area contributed by atoms with Gasteiger partial charge in [0, 0.05) is 22.6 Å². The SMILES string of the molecule is NC(=O)c1sc2nc(C(F)F)cc(-c3ccco3)c2c1NC(=O)Cn1nc(C(F)F)cc1C1CC1. The number of pyridine rings is 1. The molecule has 4 aromatic heterocycles. The Balaban J connectivity index is 1.57. The number of hydrogen-bond acceptors (Lipinski definition) is 6. The Bertz CT molecular complexity index is 1430. The Hall–Kier alpha value is -3.74. The number of alkyl halides is 4. The highest BCUT2D eigenvalue weighted by Crippen LogP contribution is 2.43. The number of aromatic nitrogens is 3. The lowest BCUT2D eigenvalue weighted by molar-refractivity contribution is -0.117. The molecular formula is C22H17F4N5O3S. The molecule has 35 heavy (non-hydrogen) atoms. The molecule has 13 heteroatoms. The number of nitrogens with zero attached hydrogens (tertiary/aromatic N) is 3. The first-order valence-corrected chi connectivity index (χ1v) is 11.3. The fraction of sp³-hybridized carbons (Fsp3) is 0.273. The highest BCUT2D eigenvalue weighted by atomic mass is 32.1. The van der Waals surface area contributed by atoms with E-state index in [4.69, 9.17) is 10.2 Å². The summed E-state index contributed by atoms with van der Waals surface area (Å²) in [5, 5.41) is 6.65. The maximum absolute atomic E-state index is 13.5. The molecule has 0 atom stereocenters. The van der Waals surface area contributed by atoms with E-state index in [1.165, 1.54) is 23.1 Å². The Morgan fingerprint density at radius 2 is 1.94 bits per heavy atom. The number of rotatable bonds is 8. The smallest absolute Gasteiger partial charge is 0.282 e. The van der Waals surface area contributed by atoms with Crippen LogP contribution in [0.4, 0.5) is 23.2 Å². The van der Waals surface area contributed by atoms with Crippen LogP contribution in [0.3, 0.4) is 0 Å². The van der Waals surface area contributed by atoms with Crippen molar-refractivity contribution in [1.82, 2.24) is 14.8 Å². The molecule has 1 saturated carbocycles. The molecule has 0 bridgehead atoms. The summed E-state index contributed by atoms with van der Waals surface area (Å²) in [5.41, 5.74) is 5.23. The van der Waals surface area contributed by atoms with Crippen molar-refractivity contribution in [3.8, 4) is 11.3 Å². The molecule has 0 radical (unpaired) electrons. The lowest BCUT2D eigenvalue weighted by Gasteiger charge is -2.11. The lowest BCUT2D eigenvalue weighted by Crippen LogP contribution is -2.22. The molecule has 3 N–H and O–H groups in total. The Labute approximate surface area is 198 Å². The number of halogens is 4. The minimum absolute atomic E-state index is 0.0172. The summed E-state index contributed by atoms with van der Waals surface area (Å²) in [6.45, 7) is -0.396. The number of fused-ring (bicyclic) bond motifs is 1. The van der Waals surface area contributed by atoms with Crippen LogP contribution in [0.1, 0.15) is 58.4 Å². The maximum atomic E-state index is 13.5. The van der Waals surface area contributed by atoms with Crippen molar-refractivity contribution in [2.75, 3.05) is 5.32 Å². The average Bonchev–Trinajstić information content (AvgIpc) is 3.20. The van der Waals surface area contributed by atoms with E-state index >= 15 is 0 Å². The zero-order chi connectivity index (χ0) is 24.9. The Morgan fingerprint density at radius 3 is 2.54 bits per heavy atom. The highest BCUT2D eigenvalue weighted by Gasteiger charge is 2.31. The van der Waals surface area contributed by atoms with Crippen LogP contribution in [0.25, 0.3) is 21.5 Å². The first kappa shape index (κ1) is 23.0. The van der Waals surface area contributed by atoms with E-state index in [0.717, 1.165) is 30.2 Å². The van der Waals surface area contributed by atoms with Gasteiger partial charge < -0.3 is 15.5 Å². The molecule has 1 aliphatic rings. The summed E-state index contributed by atoms with van der Waals surface area (Å²) in [6.07, 6.45) is -2.72.